The molecule has 1 atom stereocenters. The Balaban J connectivity index is 2.39. The van der Waals surface area contributed by atoms with E-state index in [9.17, 15) is 10.1 Å². The maximum absolute atomic E-state index is 12.5. The third-order valence-electron chi connectivity index (χ3n) is 3.05. The number of hydrogen-bond acceptors (Lipinski definition) is 2. The molecule has 20 heavy (non-hydrogen) atoms. The molecule has 100 valence electrons. The van der Waals surface area contributed by atoms with Crippen molar-refractivity contribution in [1.82, 2.24) is 0 Å². The zero-order chi connectivity index (χ0) is 14.7. The first-order valence-electron chi connectivity index (χ1n) is 5.98. The van der Waals surface area contributed by atoms with Crippen molar-refractivity contribution in [1.29, 1.82) is 5.26 Å². The predicted octanol–water partition coefficient (Wildman–Crippen LogP) is 4.90. The number of nitrogens with zero attached hydrogens (tertiary/aromatic N) is 1. The number of aryl methyl sites for hydroxylation is 1. The predicted molar refractivity (Wildman–Crippen MR) is 83.0 cm³/mol. The highest BCUT2D eigenvalue weighted by Gasteiger charge is 2.23. The molecule has 2 nitrogen and oxygen atoms in total. The number of carbonyl (C=O) groups excluding carboxylic acids is 1. The molecule has 0 fully saturated rings. The Morgan fingerprint density at radius 3 is 2.45 bits per heavy atom. The summed E-state index contributed by atoms with van der Waals surface area (Å²) in [6.07, 6.45) is 0. The minimum absolute atomic E-state index is 0.195. The highest BCUT2D eigenvalue weighted by atomic mass is 79.9. The van der Waals surface area contributed by atoms with E-state index in [-0.39, 0.29) is 5.78 Å². The standard InChI is InChI=1S/C16H11BrClNO/c1-10-8-12(17)4-7-14(10)16(20)15(9-19)11-2-5-13(18)6-3-11/h2-8,15H,1H3. The van der Waals surface area contributed by atoms with Crippen molar-refractivity contribution < 1.29 is 4.79 Å². The molecule has 0 saturated heterocycles. The molecule has 2 rings (SSSR count). The number of rotatable bonds is 3. The minimum atomic E-state index is -0.813. The van der Waals surface area contributed by atoms with Gasteiger partial charge in [0.1, 0.15) is 5.92 Å². The van der Waals surface area contributed by atoms with Crippen LogP contribution in [0.25, 0.3) is 0 Å². The van der Waals surface area contributed by atoms with Gasteiger partial charge in [0.25, 0.3) is 0 Å². The molecule has 0 saturated carbocycles. The van der Waals surface area contributed by atoms with Gasteiger partial charge in [-0.15, -0.1) is 0 Å². The molecule has 0 radical (unpaired) electrons. The Kier molecular flexibility index (Phi) is 4.59. The molecule has 0 heterocycles. The molecule has 0 aliphatic rings. The van der Waals surface area contributed by atoms with Gasteiger partial charge >= 0.3 is 0 Å². The summed E-state index contributed by atoms with van der Waals surface area (Å²) in [5.41, 5.74) is 2.07. The fourth-order valence-electron chi connectivity index (χ4n) is 2.00. The van der Waals surface area contributed by atoms with Gasteiger partial charge in [0, 0.05) is 15.1 Å². The second-order valence-electron chi connectivity index (χ2n) is 4.44. The first kappa shape index (κ1) is 14.8. The third kappa shape index (κ3) is 3.09. The van der Waals surface area contributed by atoms with Crippen molar-refractivity contribution in [2.24, 2.45) is 0 Å². The average molecular weight is 349 g/mol. The van der Waals surface area contributed by atoms with Crippen LogP contribution in [0.2, 0.25) is 5.02 Å². The van der Waals surface area contributed by atoms with Crippen LogP contribution in [0.1, 0.15) is 27.4 Å². The van der Waals surface area contributed by atoms with Gasteiger partial charge in [-0.3, -0.25) is 4.79 Å². The number of Topliss-reactive ketones (excluding diaryl/α,β-unsaturated/α-hetero) is 1. The van der Waals surface area contributed by atoms with Gasteiger partial charge in [0.15, 0.2) is 5.78 Å². The molecule has 0 aromatic heterocycles. The summed E-state index contributed by atoms with van der Waals surface area (Å²) in [5.74, 6) is -1.01. The van der Waals surface area contributed by atoms with E-state index in [1.165, 1.54) is 0 Å². The number of carbonyl (C=O) groups is 1. The molecule has 0 amide bonds. The van der Waals surface area contributed by atoms with Crippen molar-refractivity contribution in [2.75, 3.05) is 0 Å². The van der Waals surface area contributed by atoms with E-state index in [2.05, 4.69) is 22.0 Å². The minimum Gasteiger partial charge on any atom is -0.292 e. The first-order chi connectivity index (χ1) is 9.52. The Bertz CT molecular complexity index is 689. The molecule has 0 aliphatic carbocycles. The zero-order valence-corrected chi connectivity index (χ0v) is 13.1. The van der Waals surface area contributed by atoms with Crippen LogP contribution < -0.4 is 0 Å². The summed E-state index contributed by atoms with van der Waals surface area (Å²) in [5, 5.41) is 9.89. The second kappa shape index (κ2) is 6.21. The largest absolute Gasteiger partial charge is 0.292 e. The van der Waals surface area contributed by atoms with Crippen LogP contribution in [0.4, 0.5) is 0 Å². The van der Waals surface area contributed by atoms with Gasteiger partial charge in [-0.2, -0.15) is 5.26 Å². The summed E-state index contributed by atoms with van der Waals surface area (Å²) in [6.45, 7) is 1.86. The van der Waals surface area contributed by atoms with Crippen LogP contribution in [0.5, 0.6) is 0 Å². The van der Waals surface area contributed by atoms with Gasteiger partial charge in [0.2, 0.25) is 0 Å². The van der Waals surface area contributed by atoms with Gasteiger partial charge in [-0.05, 0) is 48.4 Å². The molecule has 0 aliphatic heterocycles. The van der Waals surface area contributed by atoms with Crippen LogP contribution in [-0.2, 0) is 0 Å². The van der Waals surface area contributed by atoms with Gasteiger partial charge in [-0.25, -0.2) is 0 Å². The quantitative estimate of drug-likeness (QED) is 0.740. The number of ketones is 1. The van der Waals surface area contributed by atoms with E-state index >= 15 is 0 Å². The lowest BCUT2D eigenvalue weighted by atomic mass is 9.90. The summed E-state index contributed by atoms with van der Waals surface area (Å²) < 4.78 is 0.909. The summed E-state index contributed by atoms with van der Waals surface area (Å²) in [4.78, 5) is 12.5. The van der Waals surface area contributed by atoms with Crippen LogP contribution in [-0.4, -0.2) is 5.78 Å². The maximum atomic E-state index is 12.5. The lowest BCUT2D eigenvalue weighted by Crippen LogP contribution is -2.12. The van der Waals surface area contributed by atoms with Crippen molar-refractivity contribution in [3.63, 3.8) is 0 Å². The van der Waals surface area contributed by atoms with Crippen molar-refractivity contribution in [3.8, 4) is 6.07 Å². The van der Waals surface area contributed by atoms with Crippen LogP contribution >= 0.6 is 27.5 Å². The van der Waals surface area contributed by atoms with E-state index < -0.39 is 5.92 Å². The molecule has 2 aromatic rings. The van der Waals surface area contributed by atoms with Gasteiger partial charge in [-0.1, -0.05) is 39.7 Å². The molecule has 2 aromatic carbocycles. The van der Waals surface area contributed by atoms with E-state index in [1.54, 1.807) is 36.4 Å². The van der Waals surface area contributed by atoms with E-state index in [0.29, 0.717) is 16.1 Å². The smallest absolute Gasteiger partial charge is 0.184 e. The lowest BCUT2D eigenvalue weighted by Gasteiger charge is -2.11. The number of nitriles is 1. The summed E-state index contributed by atoms with van der Waals surface area (Å²) >= 11 is 9.19. The summed E-state index contributed by atoms with van der Waals surface area (Å²) in [7, 11) is 0. The van der Waals surface area contributed by atoms with Gasteiger partial charge < -0.3 is 0 Å². The number of halogens is 2. The maximum Gasteiger partial charge on any atom is 0.184 e. The molecule has 0 bridgehead atoms. The van der Waals surface area contributed by atoms with Crippen LogP contribution in [0.3, 0.4) is 0 Å². The van der Waals surface area contributed by atoms with Crippen molar-refractivity contribution in [2.45, 2.75) is 12.8 Å². The Morgan fingerprint density at radius 1 is 1.25 bits per heavy atom. The molecule has 0 N–H and O–H groups in total. The SMILES string of the molecule is Cc1cc(Br)ccc1C(=O)C(C#N)c1ccc(Cl)cc1. The highest BCUT2D eigenvalue weighted by Crippen LogP contribution is 2.25. The van der Waals surface area contributed by atoms with Gasteiger partial charge in [0.05, 0.1) is 6.07 Å². The molecular weight excluding hydrogens is 338 g/mol. The van der Waals surface area contributed by atoms with Crippen molar-refractivity contribution in [3.05, 3.63) is 68.7 Å². The second-order valence-corrected chi connectivity index (χ2v) is 5.79. The fraction of sp³-hybridized carbons (Fsp3) is 0.125. The topological polar surface area (TPSA) is 40.9 Å². The van der Waals surface area contributed by atoms with E-state index in [1.807, 2.05) is 13.0 Å². The number of hydrogen-bond donors (Lipinski definition) is 0. The Hall–Kier alpha value is -1.63. The summed E-state index contributed by atoms with van der Waals surface area (Å²) in [6, 6.07) is 14.3. The van der Waals surface area contributed by atoms with Crippen molar-refractivity contribution >= 4 is 33.3 Å². The zero-order valence-electron chi connectivity index (χ0n) is 10.7. The monoisotopic (exact) mass is 347 g/mol. The Morgan fingerprint density at radius 2 is 1.90 bits per heavy atom. The molecular formula is C16H11BrClNO. The number of benzene rings is 2. The highest BCUT2D eigenvalue weighted by molar-refractivity contribution is 9.10. The van der Waals surface area contributed by atoms with Crippen LogP contribution in [0, 0.1) is 18.3 Å². The first-order valence-corrected chi connectivity index (χ1v) is 7.15. The third-order valence-corrected chi connectivity index (χ3v) is 3.79. The van der Waals surface area contributed by atoms with E-state index in [4.69, 9.17) is 11.6 Å². The Labute approximate surface area is 131 Å². The van der Waals surface area contributed by atoms with E-state index in [0.717, 1.165) is 10.0 Å². The van der Waals surface area contributed by atoms with Crippen LogP contribution in [0.15, 0.2) is 46.9 Å². The normalized spacial score (nSPS) is 11.7. The lowest BCUT2D eigenvalue weighted by molar-refractivity contribution is 0.0978. The molecule has 4 heteroatoms. The fourth-order valence-corrected chi connectivity index (χ4v) is 2.60. The average Bonchev–Trinajstić information content (AvgIpc) is 2.41. The molecule has 0 spiro atoms. The molecule has 1 unspecified atom stereocenters.